The molecule has 0 aromatic heterocycles. The number of rotatable bonds is 8. The molecule has 0 N–H and O–H groups in total. The number of carbonyl (C=O) groups is 1. The molecule has 0 saturated heterocycles. The number of carbonyl (C=O) groups excluding carboxylic acids is 1. The number of para-hydroxylation sites is 1. The molecule has 0 radical (unpaired) electrons. The van der Waals surface area contributed by atoms with Gasteiger partial charge in [0, 0.05) is 6.42 Å². The summed E-state index contributed by atoms with van der Waals surface area (Å²) in [7, 11) is 4.77. The summed E-state index contributed by atoms with van der Waals surface area (Å²) in [6.07, 6.45) is 0.784. The topological polar surface area (TPSA) is 54.0 Å². The highest BCUT2D eigenvalue weighted by molar-refractivity contribution is 9.10. The number of hydrogen-bond acceptors (Lipinski definition) is 5. The van der Waals surface area contributed by atoms with Crippen molar-refractivity contribution in [3.63, 3.8) is 0 Å². The molecule has 0 saturated carbocycles. The summed E-state index contributed by atoms with van der Waals surface area (Å²) in [6.45, 7) is 0.219. The number of halogens is 1. The average molecular weight is 409 g/mol. The predicted octanol–water partition coefficient (Wildman–Crippen LogP) is 4.15. The van der Waals surface area contributed by atoms with Gasteiger partial charge in [-0.05, 0) is 51.7 Å². The van der Waals surface area contributed by atoms with Gasteiger partial charge in [0.05, 0.1) is 25.8 Å². The number of methoxy groups -OCH3 is 3. The molecule has 2 aromatic rings. The van der Waals surface area contributed by atoms with Gasteiger partial charge in [-0.1, -0.05) is 18.2 Å². The summed E-state index contributed by atoms with van der Waals surface area (Å²) in [4.78, 5) is 12.0. The van der Waals surface area contributed by atoms with Crippen molar-refractivity contribution in [2.75, 3.05) is 21.3 Å². The summed E-state index contributed by atoms with van der Waals surface area (Å²) in [5.41, 5.74) is 1.80. The lowest BCUT2D eigenvalue weighted by molar-refractivity contribution is -0.144. The second-order valence-corrected chi connectivity index (χ2v) is 6.14. The summed E-state index contributed by atoms with van der Waals surface area (Å²) >= 11 is 3.41. The van der Waals surface area contributed by atoms with Crippen LogP contribution < -0.4 is 14.2 Å². The minimum atomic E-state index is -0.267. The molecule has 0 fully saturated rings. The first kappa shape index (κ1) is 19.1. The van der Waals surface area contributed by atoms with E-state index < -0.39 is 0 Å². The van der Waals surface area contributed by atoms with Crippen LogP contribution >= 0.6 is 15.9 Å². The van der Waals surface area contributed by atoms with Crippen LogP contribution in [0.4, 0.5) is 0 Å². The van der Waals surface area contributed by atoms with Crippen LogP contribution in [0.25, 0.3) is 0 Å². The Morgan fingerprint density at radius 1 is 1.00 bits per heavy atom. The maximum absolute atomic E-state index is 12.0. The molecular weight excluding hydrogens is 388 g/mol. The number of ether oxygens (including phenoxy) is 4. The van der Waals surface area contributed by atoms with E-state index in [-0.39, 0.29) is 19.0 Å². The monoisotopic (exact) mass is 408 g/mol. The van der Waals surface area contributed by atoms with Gasteiger partial charge < -0.3 is 18.9 Å². The first-order valence-corrected chi connectivity index (χ1v) is 8.56. The largest absolute Gasteiger partial charge is 0.496 e. The van der Waals surface area contributed by atoms with E-state index in [1.807, 2.05) is 36.4 Å². The van der Waals surface area contributed by atoms with Crippen LogP contribution in [-0.2, 0) is 22.6 Å². The molecule has 2 rings (SSSR count). The van der Waals surface area contributed by atoms with Gasteiger partial charge in [0.2, 0.25) is 0 Å². The molecular formula is C19H21BrO5. The van der Waals surface area contributed by atoms with Crippen LogP contribution in [-0.4, -0.2) is 27.3 Å². The van der Waals surface area contributed by atoms with E-state index in [4.69, 9.17) is 18.9 Å². The Labute approximate surface area is 156 Å². The van der Waals surface area contributed by atoms with Crippen LogP contribution in [0, 0.1) is 0 Å². The SMILES string of the molecule is COc1ccc(COC(=O)CCc2cccc(OC)c2OC)cc1Br. The number of esters is 1. The van der Waals surface area contributed by atoms with Gasteiger partial charge in [-0.15, -0.1) is 0 Å². The molecule has 0 bridgehead atoms. The zero-order chi connectivity index (χ0) is 18.2. The molecule has 134 valence electrons. The Balaban J connectivity index is 1.90. The summed E-state index contributed by atoms with van der Waals surface area (Å²) in [5.74, 6) is 1.77. The Morgan fingerprint density at radius 3 is 2.40 bits per heavy atom. The predicted molar refractivity (Wildman–Crippen MR) is 98.4 cm³/mol. The maximum Gasteiger partial charge on any atom is 0.306 e. The molecule has 0 aliphatic rings. The summed E-state index contributed by atoms with van der Waals surface area (Å²) in [6, 6.07) is 11.2. The minimum absolute atomic E-state index is 0.219. The van der Waals surface area contributed by atoms with Crippen molar-refractivity contribution in [1.82, 2.24) is 0 Å². The molecule has 5 nitrogen and oxygen atoms in total. The zero-order valence-corrected chi connectivity index (χ0v) is 16.1. The third-order valence-corrected chi connectivity index (χ3v) is 4.32. The van der Waals surface area contributed by atoms with Crippen LogP contribution in [0.3, 0.4) is 0 Å². The van der Waals surface area contributed by atoms with Crippen molar-refractivity contribution >= 4 is 21.9 Å². The molecule has 0 aliphatic carbocycles. The van der Waals surface area contributed by atoms with E-state index >= 15 is 0 Å². The lowest BCUT2D eigenvalue weighted by atomic mass is 10.1. The van der Waals surface area contributed by atoms with Gasteiger partial charge in [0.1, 0.15) is 12.4 Å². The van der Waals surface area contributed by atoms with E-state index in [2.05, 4.69) is 15.9 Å². The lowest BCUT2D eigenvalue weighted by Gasteiger charge is -2.12. The Hall–Kier alpha value is -2.21. The molecule has 0 amide bonds. The molecule has 0 atom stereocenters. The first-order chi connectivity index (χ1) is 12.1. The third-order valence-electron chi connectivity index (χ3n) is 3.70. The highest BCUT2D eigenvalue weighted by atomic mass is 79.9. The first-order valence-electron chi connectivity index (χ1n) is 7.77. The fourth-order valence-corrected chi connectivity index (χ4v) is 3.01. The number of benzene rings is 2. The van der Waals surface area contributed by atoms with Crippen molar-refractivity contribution < 1.29 is 23.7 Å². The third kappa shape index (κ3) is 5.13. The van der Waals surface area contributed by atoms with E-state index in [0.29, 0.717) is 17.9 Å². The fraction of sp³-hybridized carbons (Fsp3) is 0.316. The quantitative estimate of drug-likeness (QED) is 0.614. The number of aryl methyl sites for hydroxylation is 1. The Kier molecular flexibility index (Phi) is 7.13. The summed E-state index contributed by atoms with van der Waals surface area (Å²) < 4.78 is 22.0. The van der Waals surface area contributed by atoms with Gasteiger partial charge in [-0.3, -0.25) is 4.79 Å². The minimum Gasteiger partial charge on any atom is -0.496 e. The van der Waals surface area contributed by atoms with Gasteiger partial charge in [-0.25, -0.2) is 0 Å². The van der Waals surface area contributed by atoms with E-state index in [9.17, 15) is 4.79 Å². The standard InChI is InChI=1S/C19H21BrO5/c1-22-16-9-7-13(11-15(16)20)12-25-18(21)10-8-14-5-4-6-17(23-2)19(14)24-3/h4-7,9,11H,8,10,12H2,1-3H3. The second kappa shape index (κ2) is 9.32. The Bertz CT molecular complexity index is 730. The lowest BCUT2D eigenvalue weighted by Crippen LogP contribution is -2.07. The second-order valence-electron chi connectivity index (χ2n) is 5.28. The van der Waals surface area contributed by atoms with Crippen LogP contribution in [0.15, 0.2) is 40.9 Å². The van der Waals surface area contributed by atoms with Gasteiger partial charge in [0.25, 0.3) is 0 Å². The van der Waals surface area contributed by atoms with Gasteiger partial charge in [-0.2, -0.15) is 0 Å². The van der Waals surface area contributed by atoms with Crippen molar-refractivity contribution in [1.29, 1.82) is 0 Å². The highest BCUT2D eigenvalue weighted by Gasteiger charge is 2.12. The van der Waals surface area contributed by atoms with Crippen molar-refractivity contribution in [2.24, 2.45) is 0 Å². The number of hydrogen-bond donors (Lipinski definition) is 0. The van der Waals surface area contributed by atoms with Crippen LogP contribution in [0.2, 0.25) is 0 Å². The van der Waals surface area contributed by atoms with E-state index in [0.717, 1.165) is 21.3 Å². The van der Waals surface area contributed by atoms with Gasteiger partial charge in [0.15, 0.2) is 11.5 Å². The normalized spacial score (nSPS) is 10.2. The molecule has 6 heteroatoms. The summed E-state index contributed by atoms with van der Waals surface area (Å²) in [5, 5.41) is 0. The van der Waals surface area contributed by atoms with Crippen LogP contribution in [0.5, 0.6) is 17.2 Å². The van der Waals surface area contributed by atoms with Crippen LogP contribution in [0.1, 0.15) is 17.5 Å². The molecule has 0 spiro atoms. The smallest absolute Gasteiger partial charge is 0.306 e. The molecule has 0 aliphatic heterocycles. The van der Waals surface area contributed by atoms with E-state index in [1.54, 1.807) is 21.3 Å². The Morgan fingerprint density at radius 2 is 1.76 bits per heavy atom. The highest BCUT2D eigenvalue weighted by Crippen LogP contribution is 2.31. The van der Waals surface area contributed by atoms with E-state index in [1.165, 1.54) is 0 Å². The van der Waals surface area contributed by atoms with Crippen molar-refractivity contribution in [3.05, 3.63) is 52.0 Å². The van der Waals surface area contributed by atoms with Crippen molar-refractivity contribution in [2.45, 2.75) is 19.4 Å². The molecule has 2 aromatic carbocycles. The maximum atomic E-state index is 12.0. The van der Waals surface area contributed by atoms with Crippen molar-refractivity contribution in [3.8, 4) is 17.2 Å². The zero-order valence-electron chi connectivity index (χ0n) is 14.5. The fourth-order valence-electron chi connectivity index (χ4n) is 2.42. The molecule has 25 heavy (non-hydrogen) atoms. The molecule has 0 heterocycles. The average Bonchev–Trinajstić information content (AvgIpc) is 2.64. The molecule has 0 unspecified atom stereocenters. The van der Waals surface area contributed by atoms with Gasteiger partial charge >= 0.3 is 5.97 Å².